The van der Waals surface area contributed by atoms with Crippen molar-refractivity contribution in [1.82, 2.24) is 10.2 Å². The molecular weight excluding hydrogens is 533 g/mol. The second-order valence-electron chi connectivity index (χ2n) is 9.28. The third-order valence-electron chi connectivity index (χ3n) is 6.41. The summed E-state index contributed by atoms with van der Waals surface area (Å²) in [7, 11) is 3.33. The van der Waals surface area contributed by atoms with E-state index in [1.54, 1.807) is 14.2 Å². The SMILES string of the molecule is CCNC(=NCC(C)(C)c1ccc(OC)c(OC)c1)N1CCC(OCC2CCCO2)CC1.I. The quantitative estimate of drug-likeness (QED) is 0.270. The molecule has 2 fully saturated rings. The van der Waals surface area contributed by atoms with Crippen molar-refractivity contribution in [2.45, 2.75) is 64.1 Å². The van der Waals surface area contributed by atoms with Gasteiger partial charge < -0.3 is 29.2 Å². The lowest BCUT2D eigenvalue weighted by Gasteiger charge is -2.35. The van der Waals surface area contributed by atoms with Gasteiger partial charge in [0.15, 0.2) is 17.5 Å². The fourth-order valence-corrected chi connectivity index (χ4v) is 4.30. The van der Waals surface area contributed by atoms with E-state index in [-0.39, 0.29) is 29.4 Å². The van der Waals surface area contributed by atoms with Gasteiger partial charge in [-0.2, -0.15) is 0 Å². The monoisotopic (exact) mass is 575 g/mol. The Morgan fingerprint density at radius 3 is 2.48 bits per heavy atom. The van der Waals surface area contributed by atoms with Gasteiger partial charge in [-0.05, 0) is 50.3 Å². The predicted octanol–water partition coefficient (Wildman–Crippen LogP) is 4.22. The first kappa shape index (κ1) is 28.0. The van der Waals surface area contributed by atoms with E-state index < -0.39 is 0 Å². The highest BCUT2D eigenvalue weighted by atomic mass is 127. The van der Waals surface area contributed by atoms with Crippen LogP contribution < -0.4 is 14.8 Å². The molecule has 188 valence electrons. The number of rotatable bonds is 9. The maximum atomic E-state index is 6.13. The summed E-state index contributed by atoms with van der Waals surface area (Å²) in [4.78, 5) is 7.38. The molecule has 1 aromatic carbocycles. The van der Waals surface area contributed by atoms with Gasteiger partial charge >= 0.3 is 0 Å². The van der Waals surface area contributed by atoms with Gasteiger partial charge in [0.25, 0.3) is 0 Å². The Balaban J connectivity index is 0.00000385. The number of halogens is 1. The number of nitrogens with zero attached hydrogens (tertiary/aromatic N) is 2. The summed E-state index contributed by atoms with van der Waals surface area (Å²) in [6, 6.07) is 6.12. The van der Waals surface area contributed by atoms with Crippen LogP contribution in [0.5, 0.6) is 11.5 Å². The summed E-state index contributed by atoms with van der Waals surface area (Å²) in [5.74, 6) is 2.48. The highest BCUT2D eigenvalue weighted by Crippen LogP contribution is 2.33. The number of hydrogen-bond acceptors (Lipinski definition) is 5. The summed E-state index contributed by atoms with van der Waals surface area (Å²) < 4.78 is 22.7. The predicted molar refractivity (Wildman–Crippen MR) is 143 cm³/mol. The Kier molecular flexibility index (Phi) is 11.5. The minimum absolute atomic E-state index is 0. The van der Waals surface area contributed by atoms with Crippen LogP contribution in [0, 0.1) is 0 Å². The third kappa shape index (κ3) is 7.89. The zero-order valence-electron chi connectivity index (χ0n) is 20.9. The molecule has 7 nitrogen and oxygen atoms in total. The fraction of sp³-hybridized carbons (Fsp3) is 0.720. The number of benzene rings is 1. The van der Waals surface area contributed by atoms with Crippen molar-refractivity contribution in [2.75, 3.05) is 53.6 Å². The molecule has 0 radical (unpaired) electrons. The zero-order chi connectivity index (χ0) is 23.0. The van der Waals surface area contributed by atoms with Crippen LogP contribution in [0.2, 0.25) is 0 Å². The summed E-state index contributed by atoms with van der Waals surface area (Å²) in [5, 5.41) is 3.48. The van der Waals surface area contributed by atoms with Crippen molar-refractivity contribution in [2.24, 2.45) is 4.99 Å². The Hall–Kier alpha value is -1.26. The molecule has 0 bridgehead atoms. The highest BCUT2D eigenvalue weighted by Gasteiger charge is 2.26. The molecule has 1 atom stereocenters. The van der Waals surface area contributed by atoms with Crippen LogP contribution in [0.1, 0.15) is 52.0 Å². The van der Waals surface area contributed by atoms with Gasteiger partial charge in [0.1, 0.15) is 0 Å². The molecular formula is C25H42IN3O4. The number of ether oxygens (including phenoxy) is 4. The lowest BCUT2D eigenvalue weighted by Crippen LogP contribution is -2.47. The van der Waals surface area contributed by atoms with E-state index in [2.05, 4.69) is 43.1 Å². The van der Waals surface area contributed by atoms with Crippen LogP contribution in [0.25, 0.3) is 0 Å². The Morgan fingerprint density at radius 1 is 1.15 bits per heavy atom. The molecule has 8 heteroatoms. The second kappa shape index (κ2) is 13.6. The van der Waals surface area contributed by atoms with Crippen molar-refractivity contribution in [3.63, 3.8) is 0 Å². The number of nitrogens with one attached hydrogen (secondary N) is 1. The van der Waals surface area contributed by atoms with Gasteiger partial charge in [-0.3, -0.25) is 4.99 Å². The van der Waals surface area contributed by atoms with Crippen LogP contribution >= 0.6 is 24.0 Å². The highest BCUT2D eigenvalue weighted by molar-refractivity contribution is 14.0. The number of guanidine groups is 1. The fourth-order valence-electron chi connectivity index (χ4n) is 4.30. The lowest BCUT2D eigenvalue weighted by atomic mass is 9.84. The normalized spacial score (nSPS) is 19.8. The topological polar surface area (TPSA) is 64.6 Å². The van der Waals surface area contributed by atoms with Crippen LogP contribution in [-0.2, 0) is 14.9 Å². The number of methoxy groups -OCH3 is 2. The Bertz CT molecular complexity index is 745. The average Bonchev–Trinajstić information content (AvgIpc) is 3.34. The summed E-state index contributed by atoms with van der Waals surface area (Å²) in [6.45, 7) is 11.6. The molecule has 33 heavy (non-hydrogen) atoms. The largest absolute Gasteiger partial charge is 0.493 e. The van der Waals surface area contributed by atoms with Crippen LogP contribution in [0.3, 0.4) is 0 Å². The summed E-state index contributed by atoms with van der Waals surface area (Å²) in [6.07, 6.45) is 4.96. The summed E-state index contributed by atoms with van der Waals surface area (Å²) in [5.41, 5.74) is 1.04. The van der Waals surface area contributed by atoms with Crippen molar-refractivity contribution < 1.29 is 18.9 Å². The van der Waals surface area contributed by atoms with E-state index in [1.165, 1.54) is 5.56 Å². The molecule has 2 aliphatic heterocycles. The maximum absolute atomic E-state index is 6.13. The minimum Gasteiger partial charge on any atom is -0.493 e. The zero-order valence-corrected chi connectivity index (χ0v) is 23.2. The number of aliphatic imine (C=N–C) groups is 1. The lowest BCUT2D eigenvalue weighted by molar-refractivity contribution is -0.0367. The van der Waals surface area contributed by atoms with Gasteiger partial charge in [0, 0.05) is 31.7 Å². The van der Waals surface area contributed by atoms with Gasteiger partial charge in [0.2, 0.25) is 0 Å². The minimum atomic E-state index is -0.136. The maximum Gasteiger partial charge on any atom is 0.193 e. The molecule has 0 saturated carbocycles. The molecule has 0 aromatic heterocycles. The molecule has 0 amide bonds. The van der Waals surface area contributed by atoms with Crippen LogP contribution in [0.4, 0.5) is 0 Å². The third-order valence-corrected chi connectivity index (χ3v) is 6.41. The van der Waals surface area contributed by atoms with E-state index in [9.17, 15) is 0 Å². The Morgan fingerprint density at radius 2 is 1.88 bits per heavy atom. The van der Waals surface area contributed by atoms with E-state index in [0.717, 1.165) is 76.0 Å². The molecule has 3 rings (SSSR count). The van der Waals surface area contributed by atoms with Gasteiger partial charge in [-0.1, -0.05) is 19.9 Å². The van der Waals surface area contributed by atoms with Crippen molar-refractivity contribution in [3.8, 4) is 11.5 Å². The molecule has 2 heterocycles. The number of piperidine rings is 1. The van der Waals surface area contributed by atoms with E-state index >= 15 is 0 Å². The first-order valence-corrected chi connectivity index (χ1v) is 12.0. The van der Waals surface area contributed by atoms with Crippen LogP contribution in [0.15, 0.2) is 23.2 Å². The van der Waals surface area contributed by atoms with Crippen LogP contribution in [-0.4, -0.2) is 76.7 Å². The van der Waals surface area contributed by atoms with E-state index in [4.69, 9.17) is 23.9 Å². The second-order valence-corrected chi connectivity index (χ2v) is 9.28. The molecule has 0 aliphatic carbocycles. The first-order valence-electron chi connectivity index (χ1n) is 12.0. The van der Waals surface area contributed by atoms with Crippen molar-refractivity contribution >= 4 is 29.9 Å². The smallest absolute Gasteiger partial charge is 0.193 e. The molecule has 1 aromatic rings. The number of likely N-dealkylation sites (tertiary alicyclic amines) is 1. The molecule has 1 N–H and O–H groups in total. The molecule has 2 aliphatic rings. The summed E-state index contributed by atoms with van der Waals surface area (Å²) >= 11 is 0. The van der Waals surface area contributed by atoms with Gasteiger partial charge in [-0.15, -0.1) is 24.0 Å². The first-order chi connectivity index (χ1) is 15.5. The van der Waals surface area contributed by atoms with Gasteiger partial charge in [-0.25, -0.2) is 0 Å². The molecule has 2 saturated heterocycles. The standard InChI is InChI=1S/C25H41N3O4.HI/c1-6-26-24(28-13-11-20(12-14-28)32-17-21-8-7-15-31-21)27-18-25(2,3)19-9-10-22(29-4)23(16-19)30-5;/h9-10,16,20-21H,6-8,11-15,17-18H2,1-5H3,(H,26,27);1H. The van der Waals surface area contributed by atoms with Gasteiger partial charge in [0.05, 0.1) is 39.6 Å². The number of hydrogen-bond donors (Lipinski definition) is 1. The van der Waals surface area contributed by atoms with E-state index in [1.807, 2.05) is 6.07 Å². The van der Waals surface area contributed by atoms with Crippen molar-refractivity contribution in [3.05, 3.63) is 23.8 Å². The Labute approximate surface area is 216 Å². The van der Waals surface area contributed by atoms with E-state index in [0.29, 0.717) is 18.8 Å². The average molecular weight is 576 g/mol. The molecule has 0 spiro atoms. The van der Waals surface area contributed by atoms with Crippen molar-refractivity contribution in [1.29, 1.82) is 0 Å². The molecule has 1 unspecified atom stereocenters.